The molecule has 0 radical (unpaired) electrons. The van der Waals surface area contributed by atoms with Gasteiger partial charge in [-0.05, 0) is 19.8 Å². The Labute approximate surface area is 145 Å². The zero-order valence-electron chi connectivity index (χ0n) is 14.1. The van der Waals surface area contributed by atoms with Crippen LogP contribution in [0.3, 0.4) is 0 Å². The van der Waals surface area contributed by atoms with E-state index in [1.807, 2.05) is 13.8 Å². The van der Waals surface area contributed by atoms with Crippen LogP contribution in [0.15, 0.2) is 10.6 Å². The number of carbonyl (C=O) groups excluding carboxylic acids is 2. The second-order valence-corrected chi connectivity index (χ2v) is 8.19. The highest BCUT2D eigenvalue weighted by Gasteiger charge is 2.41. The number of hydrazine groups is 1. The number of allylic oxidation sites excluding steroid dienone is 1. The normalized spacial score (nSPS) is 26.8. The number of nitrogens with zero attached hydrogens (tertiary/aromatic N) is 2. The van der Waals surface area contributed by atoms with E-state index < -0.39 is 31.6 Å². The first-order valence-corrected chi connectivity index (χ1v) is 9.88. The quantitative estimate of drug-likeness (QED) is 0.538. The molecule has 0 aromatic carbocycles. The molecule has 2 rings (SSSR count). The fourth-order valence-corrected chi connectivity index (χ4v) is 4.72. The van der Waals surface area contributed by atoms with Gasteiger partial charge in [0.25, 0.3) is 0 Å². The molecule has 2 aliphatic rings. The number of ether oxygens (including phenoxy) is 2. The summed E-state index contributed by atoms with van der Waals surface area (Å²) < 4.78 is 24.1. The monoisotopic (exact) mass is 378 g/mol. The van der Waals surface area contributed by atoms with Crippen LogP contribution < -0.4 is 10.9 Å². The highest BCUT2D eigenvalue weighted by molar-refractivity contribution is 8.03. The average Bonchev–Trinajstić information content (AvgIpc) is 2.83. The minimum Gasteiger partial charge on any atom is -0.465 e. The van der Waals surface area contributed by atoms with E-state index in [4.69, 9.17) is 15.2 Å². The number of esters is 2. The third-order valence-corrected chi connectivity index (χ3v) is 6.44. The van der Waals surface area contributed by atoms with Gasteiger partial charge in [-0.1, -0.05) is 25.6 Å². The summed E-state index contributed by atoms with van der Waals surface area (Å²) in [5.41, 5.74) is 5.72. The van der Waals surface area contributed by atoms with E-state index in [2.05, 4.69) is 5.20 Å². The molecule has 0 aromatic rings. The van der Waals surface area contributed by atoms with Crippen LogP contribution in [0.2, 0.25) is 0 Å². The minimum absolute atomic E-state index is 0.0757. The van der Waals surface area contributed by atoms with Gasteiger partial charge in [0.1, 0.15) is 11.5 Å². The van der Waals surface area contributed by atoms with Crippen LogP contribution in [0.1, 0.15) is 27.7 Å². The number of thioether (sulfide) groups is 1. The Kier molecular flexibility index (Phi) is 6.33. The summed E-state index contributed by atoms with van der Waals surface area (Å²) in [5.74, 6) is -1.03. The number of hydrogen-bond acceptors (Lipinski definition) is 8. The SMILES string of the molecule is CCOC(=O)[C@H](C)N1COC(=O)C2=C(C(C)C)SC(N)N2N[PH]1=O. The van der Waals surface area contributed by atoms with Gasteiger partial charge in [-0.3, -0.25) is 14.4 Å². The largest absolute Gasteiger partial charge is 0.465 e. The molecular weight excluding hydrogens is 355 g/mol. The van der Waals surface area contributed by atoms with Gasteiger partial charge in [-0.2, -0.15) is 9.87 Å². The van der Waals surface area contributed by atoms with Crippen LogP contribution >= 0.6 is 19.9 Å². The van der Waals surface area contributed by atoms with Crippen molar-refractivity contribution >= 4 is 31.8 Å². The van der Waals surface area contributed by atoms with E-state index in [0.29, 0.717) is 0 Å². The lowest BCUT2D eigenvalue weighted by molar-refractivity contribution is -0.153. The Hall–Kier alpha value is -1.06. The molecule has 9 nitrogen and oxygen atoms in total. The van der Waals surface area contributed by atoms with Gasteiger partial charge in [-0.15, -0.1) is 0 Å². The molecule has 0 amide bonds. The molecule has 11 heteroatoms. The topological polar surface area (TPSA) is 114 Å². The Morgan fingerprint density at radius 2 is 2.21 bits per heavy atom. The summed E-state index contributed by atoms with van der Waals surface area (Å²) in [6.07, 6.45) is 0. The number of carbonyl (C=O) groups is 2. The van der Waals surface area contributed by atoms with Gasteiger partial charge in [0.2, 0.25) is 8.10 Å². The number of rotatable bonds is 4. The predicted octanol–water partition coefficient (Wildman–Crippen LogP) is 0.807. The maximum atomic E-state index is 12.7. The fraction of sp³-hybridized carbons (Fsp3) is 0.692. The summed E-state index contributed by atoms with van der Waals surface area (Å²) in [4.78, 5) is 25.1. The third-order valence-electron chi connectivity index (χ3n) is 3.60. The predicted molar refractivity (Wildman–Crippen MR) is 90.3 cm³/mol. The first-order chi connectivity index (χ1) is 11.3. The molecule has 0 saturated carbocycles. The van der Waals surface area contributed by atoms with Gasteiger partial charge < -0.3 is 15.2 Å². The number of fused-ring (bicyclic) bond motifs is 1. The third kappa shape index (κ3) is 3.78. The van der Waals surface area contributed by atoms with E-state index in [9.17, 15) is 14.2 Å². The fourth-order valence-electron chi connectivity index (χ4n) is 2.31. The molecule has 2 unspecified atom stereocenters. The van der Waals surface area contributed by atoms with Crippen LogP contribution in [-0.2, 0) is 23.6 Å². The van der Waals surface area contributed by atoms with Gasteiger partial charge >= 0.3 is 11.9 Å². The Balaban J connectivity index is 2.26. The van der Waals surface area contributed by atoms with E-state index in [-0.39, 0.29) is 25.0 Å². The lowest BCUT2D eigenvalue weighted by Crippen LogP contribution is -2.49. The van der Waals surface area contributed by atoms with Crippen molar-refractivity contribution in [3.8, 4) is 0 Å². The van der Waals surface area contributed by atoms with Gasteiger partial charge in [0.05, 0.1) is 6.61 Å². The van der Waals surface area contributed by atoms with Gasteiger partial charge in [0, 0.05) is 4.91 Å². The standard InChI is InChI=1S/C13H23N4O5PS/c1-5-21-11(18)8(4)16-6-22-12(19)9-10(7(2)3)24-13(14)17(9)15-23(16)20/h7-8,13,23H,5-6,14H2,1-4H3,(H,15,20)/t8-,13?/m0/s1. The highest BCUT2D eigenvalue weighted by atomic mass is 32.2. The first kappa shape index (κ1) is 19.3. The molecule has 24 heavy (non-hydrogen) atoms. The maximum absolute atomic E-state index is 12.7. The smallest absolute Gasteiger partial charge is 0.358 e. The summed E-state index contributed by atoms with van der Waals surface area (Å²) in [5, 5.41) is 4.14. The number of cyclic esters (lactones) is 1. The van der Waals surface area contributed by atoms with E-state index in [0.717, 1.165) is 4.91 Å². The molecule has 1 saturated heterocycles. The maximum Gasteiger partial charge on any atom is 0.358 e. The molecule has 136 valence electrons. The van der Waals surface area contributed by atoms with E-state index in [1.165, 1.54) is 21.4 Å². The number of nitrogens with one attached hydrogen (secondary N) is 1. The lowest BCUT2D eigenvalue weighted by Gasteiger charge is -2.34. The summed E-state index contributed by atoms with van der Waals surface area (Å²) >= 11 is 1.31. The van der Waals surface area contributed by atoms with Crippen molar-refractivity contribution in [1.29, 1.82) is 0 Å². The Morgan fingerprint density at radius 1 is 1.54 bits per heavy atom. The molecule has 0 aromatic heterocycles. The van der Waals surface area contributed by atoms with Crippen molar-refractivity contribution in [3.05, 3.63) is 10.6 Å². The summed E-state index contributed by atoms with van der Waals surface area (Å²) in [6, 6.07) is -0.821. The molecule has 3 atom stereocenters. The molecule has 2 heterocycles. The minimum atomic E-state index is -2.66. The molecule has 1 fully saturated rings. The number of nitrogens with two attached hydrogens (primary N) is 1. The van der Waals surface area contributed by atoms with Crippen molar-refractivity contribution in [2.75, 3.05) is 13.3 Å². The summed E-state index contributed by atoms with van der Waals surface area (Å²) in [7, 11) is -2.66. The average molecular weight is 378 g/mol. The van der Waals surface area contributed by atoms with Crippen LogP contribution in [0, 0.1) is 5.92 Å². The van der Waals surface area contributed by atoms with Crippen LogP contribution in [0.4, 0.5) is 0 Å². The zero-order valence-corrected chi connectivity index (χ0v) is 15.9. The Bertz CT molecular complexity index is 585. The lowest BCUT2D eigenvalue weighted by atomic mass is 10.2. The highest BCUT2D eigenvalue weighted by Crippen LogP contribution is 2.42. The molecular formula is C13H23N4O5PS. The summed E-state index contributed by atoms with van der Waals surface area (Å²) in [6.45, 7) is 7.05. The second kappa shape index (κ2) is 7.88. The zero-order chi connectivity index (χ0) is 18.0. The van der Waals surface area contributed by atoms with Crippen molar-refractivity contribution in [2.45, 2.75) is 39.2 Å². The van der Waals surface area contributed by atoms with Crippen LogP contribution in [-0.4, -0.2) is 46.5 Å². The Morgan fingerprint density at radius 3 is 2.79 bits per heavy atom. The molecule has 0 aliphatic carbocycles. The van der Waals surface area contributed by atoms with Gasteiger partial charge in [-0.25, -0.2) is 4.79 Å². The molecule has 3 N–H and O–H groups in total. The van der Waals surface area contributed by atoms with Gasteiger partial charge in [0.15, 0.2) is 12.4 Å². The van der Waals surface area contributed by atoms with Crippen molar-refractivity contribution < 1.29 is 23.6 Å². The van der Waals surface area contributed by atoms with Crippen molar-refractivity contribution in [1.82, 2.24) is 14.9 Å². The molecule has 2 aliphatic heterocycles. The number of hydrogen-bond donors (Lipinski definition) is 2. The van der Waals surface area contributed by atoms with E-state index in [1.54, 1.807) is 13.8 Å². The van der Waals surface area contributed by atoms with E-state index >= 15 is 0 Å². The van der Waals surface area contributed by atoms with Crippen LogP contribution in [0.25, 0.3) is 0 Å². The second-order valence-electron chi connectivity index (χ2n) is 5.62. The van der Waals surface area contributed by atoms with Crippen molar-refractivity contribution in [3.63, 3.8) is 0 Å². The first-order valence-electron chi connectivity index (χ1n) is 7.64. The van der Waals surface area contributed by atoms with Crippen molar-refractivity contribution in [2.24, 2.45) is 11.7 Å². The molecule has 0 spiro atoms. The molecule has 0 bridgehead atoms. The van der Waals surface area contributed by atoms with Crippen LogP contribution in [0.5, 0.6) is 0 Å².